The highest BCUT2D eigenvalue weighted by Gasteiger charge is 2.35. The van der Waals surface area contributed by atoms with Gasteiger partial charge in [0.1, 0.15) is 11.1 Å². The van der Waals surface area contributed by atoms with Crippen molar-refractivity contribution in [1.82, 2.24) is 4.72 Å². The number of aryl methyl sites for hydroxylation is 2. The molecule has 10 heteroatoms. The van der Waals surface area contributed by atoms with Crippen LogP contribution in [0.1, 0.15) is 38.8 Å². The summed E-state index contributed by atoms with van der Waals surface area (Å²) in [6.07, 6.45) is -5.60. The summed E-state index contributed by atoms with van der Waals surface area (Å²) in [6, 6.07) is 14.2. The van der Waals surface area contributed by atoms with Crippen LogP contribution >= 0.6 is 0 Å². The van der Waals surface area contributed by atoms with Crippen LogP contribution in [0.25, 0.3) is 0 Å². The van der Waals surface area contributed by atoms with E-state index in [1.807, 2.05) is 32.0 Å². The zero-order valence-corrected chi connectivity index (χ0v) is 18.4. The molecule has 0 aliphatic carbocycles. The summed E-state index contributed by atoms with van der Waals surface area (Å²) in [5, 5.41) is 5.60. The molecule has 0 radical (unpaired) electrons. The number of carbonyl (C=O) groups is 1. The van der Waals surface area contributed by atoms with E-state index in [9.17, 15) is 26.4 Å². The van der Waals surface area contributed by atoms with Gasteiger partial charge in [0, 0.05) is 11.3 Å². The fourth-order valence-electron chi connectivity index (χ4n) is 3.69. The number of nitrogens with one attached hydrogen (secondary N) is 3. The average molecular weight is 475 g/mol. The Bertz CT molecular complexity index is 1320. The summed E-state index contributed by atoms with van der Waals surface area (Å²) in [6.45, 7) is 3.84. The minimum absolute atomic E-state index is 0.148. The Morgan fingerprint density at radius 3 is 2.18 bits per heavy atom. The van der Waals surface area contributed by atoms with Crippen LogP contribution in [0, 0.1) is 13.8 Å². The van der Waals surface area contributed by atoms with Crippen LogP contribution < -0.4 is 15.4 Å². The predicted octanol–water partition coefficient (Wildman–Crippen LogP) is 4.98. The molecule has 1 aliphatic heterocycles. The van der Waals surface area contributed by atoms with Crippen molar-refractivity contribution in [3.05, 3.63) is 88.5 Å². The van der Waals surface area contributed by atoms with Gasteiger partial charge >= 0.3 is 6.18 Å². The number of rotatable bonds is 3. The van der Waals surface area contributed by atoms with Gasteiger partial charge in [-0.2, -0.15) is 17.9 Å². The topological polar surface area (TPSA) is 87.3 Å². The van der Waals surface area contributed by atoms with Crippen LogP contribution in [0.5, 0.6) is 0 Å². The van der Waals surface area contributed by atoms with E-state index >= 15 is 0 Å². The number of carbonyl (C=O) groups excluding carboxylic acids is 1. The van der Waals surface area contributed by atoms with Gasteiger partial charge < -0.3 is 10.6 Å². The zero-order chi connectivity index (χ0) is 24.0. The minimum atomic E-state index is -4.61. The molecule has 3 N–H and O–H groups in total. The molecule has 3 aromatic rings. The molecule has 3 aromatic carbocycles. The lowest BCUT2D eigenvalue weighted by Crippen LogP contribution is -2.38. The number of alkyl halides is 3. The Morgan fingerprint density at radius 1 is 0.939 bits per heavy atom. The van der Waals surface area contributed by atoms with E-state index in [2.05, 4.69) is 15.4 Å². The molecule has 1 aliphatic rings. The van der Waals surface area contributed by atoms with E-state index in [1.54, 1.807) is 0 Å². The lowest BCUT2D eigenvalue weighted by molar-refractivity contribution is -0.137. The summed E-state index contributed by atoms with van der Waals surface area (Å²) in [4.78, 5) is 12.3. The van der Waals surface area contributed by atoms with Crippen molar-refractivity contribution in [2.75, 3.05) is 10.6 Å². The molecule has 0 saturated carbocycles. The number of hydrogen-bond donors (Lipinski definition) is 3. The molecule has 0 bridgehead atoms. The van der Waals surface area contributed by atoms with E-state index in [0.29, 0.717) is 16.8 Å². The smallest absolute Gasteiger partial charge is 0.364 e. The fourth-order valence-corrected chi connectivity index (χ4v) is 4.97. The van der Waals surface area contributed by atoms with E-state index in [-0.39, 0.29) is 16.5 Å². The SMILES string of the molecule is Cc1cc(C)cc(NC(=O)c2ccc(C3Nc4cc(C(F)(F)F)ccc4S(=O)(=O)N3)cc2)c1. The first kappa shape index (κ1) is 22.8. The second kappa shape index (κ2) is 8.20. The quantitative estimate of drug-likeness (QED) is 0.499. The third-order valence-corrected chi connectivity index (χ3v) is 6.64. The summed E-state index contributed by atoms with van der Waals surface area (Å²) in [7, 11) is -4.04. The highest BCUT2D eigenvalue weighted by molar-refractivity contribution is 7.89. The lowest BCUT2D eigenvalue weighted by atomic mass is 10.1. The number of halogens is 3. The van der Waals surface area contributed by atoms with Crippen molar-refractivity contribution in [3.8, 4) is 0 Å². The van der Waals surface area contributed by atoms with Crippen molar-refractivity contribution in [2.24, 2.45) is 0 Å². The second-order valence-corrected chi connectivity index (χ2v) is 9.54. The maximum Gasteiger partial charge on any atom is 0.416 e. The van der Waals surface area contributed by atoms with E-state index in [1.165, 1.54) is 24.3 Å². The van der Waals surface area contributed by atoms with Gasteiger partial charge in [-0.3, -0.25) is 4.79 Å². The number of hydrogen-bond acceptors (Lipinski definition) is 4. The molecule has 1 atom stereocenters. The van der Waals surface area contributed by atoms with E-state index in [4.69, 9.17) is 0 Å². The molecule has 33 heavy (non-hydrogen) atoms. The normalized spacial score (nSPS) is 17.1. The van der Waals surface area contributed by atoms with E-state index in [0.717, 1.165) is 29.3 Å². The number of amides is 1. The molecular weight excluding hydrogens is 455 g/mol. The van der Waals surface area contributed by atoms with Gasteiger partial charge in [0.15, 0.2) is 0 Å². The number of anilines is 2. The predicted molar refractivity (Wildman–Crippen MR) is 118 cm³/mol. The standard InChI is InChI=1S/C23H20F3N3O3S/c1-13-9-14(2)11-18(10-13)27-22(30)16-5-3-15(4-6-16)21-28-19-12-17(23(24,25)26)7-8-20(19)33(31,32)29-21/h3-12,21,28-29H,1-2H3,(H,27,30). The molecular formula is C23H20F3N3O3S. The number of benzene rings is 3. The maximum absolute atomic E-state index is 13.1. The van der Waals surface area contributed by atoms with Crippen molar-refractivity contribution in [3.63, 3.8) is 0 Å². The van der Waals surface area contributed by atoms with Crippen molar-refractivity contribution >= 4 is 27.3 Å². The lowest BCUT2D eigenvalue weighted by Gasteiger charge is -2.29. The molecule has 0 saturated heterocycles. The van der Waals surface area contributed by atoms with Gasteiger partial charge in [-0.05, 0) is 73.0 Å². The molecule has 4 rings (SSSR count). The van der Waals surface area contributed by atoms with Crippen LogP contribution in [0.2, 0.25) is 0 Å². The van der Waals surface area contributed by atoms with Crippen LogP contribution in [0.4, 0.5) is 24.5 Å². The molecule has 1 amide bonds. The largest absolute Gasteiger partial charge is 0.416 e. The zero-order valence-electron chi connectivity index (χ0n) is 17.6. The Kier molecular flexibility index (Phi) is 5.67. The Hall–Kier alpha value is -3.37. The van der Waals surface area contributed by atoms with Crippen LogP contribution in [0.3, 0.4) is 0 Å². The van der Waals surface area contributed by atoms with Crippen LogP contribution in [0.15, 0.2) is 65.6 Å². The van der Waals surface area contributed by atoms with Crippen LogP contribution in [-0.4, -0.2) is 14.3 Å². The highest BCUT2D eigenvalue weighted by Crippen LogP contribution is 2.37. The first-order chi connectivity index (χ1) is 15.4. The van der Waals surface area contributed by atoms with Gasteiger partial charge in [0.05, 0.1) is 11.3 Å². The van der Waals surface area contributed by atoms with Crippen molar-refractivity contribution < 1.29 is 26.4 Å². The molecule has 6 nitrogen and oxygen atoms in total. The molecule has 0 spiro atoms. The van der Waals surface area contributed by atoms with E-state index < -0.39 is 27.9 Å². The molecule has 1 heterocycles. The molecule has 1 unspecified atom stereocenters. The monoisotopic (exact) mass is 475 g/mol. The first-order valence-electron chi connectivity index (χ1n) is 9.92. The van der Waals surface area contributed by atoms with Gasteiger partial charge in [0.25, 0.3) is 5.91 Å². The summed E-state index contributed by atoms with van der Waals surface area (Å²) >= 11 is 0. The third-order valence-electron chi connectivity index (χ3n) is 5.16. The average Bonchev–Trinajstić information content (AvgIpc) is 2.71. The van der Waals surface area contributed by atoms with Gasteiger partial charge in [-0.25, -0.2) is 8.42 Å². The number of sulfonamides is 1. The van der Waals surface area contributed by atoms with Gasteiger partial charge in [-0.15, -0.1) is 0 Å². The molecule has 0 aromatic heterocycles. The fraction of sp³-hybridized carbons (Fsp3) is 0.174. The Labute approximate surface area is 188 Å². The van der Waals surface area contributed by atoms with Crippen molar-refractivity contribution in [1.29, 1.82) is 0 Å². The number of fused-ring (bicyclic) bond motifs is 1. The summed E-state index contributed by atoms with van der Waals surface area (Å²) in [5.74, 6) is -0.344. The van der Waals surface area contributed by atoms with Gasteiger partial charge in [-0.1, -0.05) is 18.2 Å². The first-order valence-corrected chi connectivity index (χ1v) is 11.4. The third kappa shape index (κ3) is 4.86. The summed E-state index contributed by atoms with van der Waals surface area (Å²) < 4.78 is 66.7. The Balaban J connectivity index is 1.56. The highest BCUT2D eigenvalue weighted by atomic mass is 32.2. The maximum atomic E-state index is 13.1. The summed E-state index contributed by atoms with van der Waals surface area (Å²) in [5.41, 5.74) is 2.34. The molecule has 0 fully saturated rings. The molecule has 172 valence electrons. The second-order valence-electron chi connectivity index (χ2n) is 7.86. The van der Waals surface area contributed by atoms with Crippen LogP contribution in [-0.2, 0) is 16.2 Å². The Morgan fingerprint density at radius 2 is 1.58 bits per heavy atom. The van der Waals surface area contributed by atoms with Gasteiger partial charge in [0.2, 0.25) is 10.0 Å². The van der Waals surface area contributed by atoms with Crippen molar-refractivity contribution in [2.45, 2.75) is 31.1 Å². The minimum Gasteiger partial charge on any atom is -0.364 e.